The van der Waals surface area contributed by atoms with Crippen LogP contribution in [0.15, 0.2) is 0 Å². The SMILES string of the molecule is CCO[C@@H]1[C@H]2OC(C)(C)O[C@H]2O[C@@H]1[C@@H](O)CO[C@@H]1O[C@H](CO)[C@@H](O)[C@H](O)[C@H]1NC(C)=O. The molecule has 0 aromatic rings. The predicted octanol–water partition coefficient (Wildman–Crippen LogP) is -2.41. The molecule has 0 aromatic carbocycles. The van der Waals surface area contributed by atoms with Gasteiger partial charge in [-0.3, -0.25) is 4.79 Å². The molecule has 12 nitrogen and oxygen atoms in total. The van der Waals surface area contributed by atoms with Crippen LogP contribution < -0.4 is 5.32 Å². The van der Waals surface area contributed by atoms with Crippen LogP contribution in [0.3, 0.4) is 0 Å². The van der Waals surface area contributed by atoms with Crippen molar-refractivity contribution in [2.45, 2.75) is 94.8 Å². The summed E-state index contributed by atoms with van der Waals surface area (Å²) in [5, 5.41) is 43.0. The van der Waals surface area contributed by atoms with Crippen LogP contribution in [-0.4, -0.2) is 113 Å². The Morgan fingerprint density at radius 2 is 1.87 bits per heavy atom. The highest BCUT2D eigenvalue weighted by atomic mass is 16.8. The summed E-state index contributed by atoms with van der Waals surface area (Å²) in [6.45, 7) is 6.05. The first-order valence-corrected chi connectivity index (χ1v) is 10.4. The van der Waals surface area contributed by atoms with Gasteiger partial charge in [0.2, 0.25) is 5.91 Å². The molecule has 31 heavy (non-hydrogen) atoms. The van der Waals surface area contributed by atoms with Gasteiger partial charge in [0, 0.05) is 13.5 Å². The van der Waals surface area contributed by atoms with Crippen molar-refractivity contribution in [1.29, 1.82) is 0 Å². The second-order valence-electron chi connectivity index (χ2n) is 8.32. The van der Waals surface area contributed by atoms with Gasteiger partial charge in [-0.1, -0.05) is 0 Å². The minimum Gasteiger partial charge on any atom is -0.394 e. The number of rotatable bonds is 8. The lowest BCUT2D eigenvalue weighted by Gasteiger charge is -2.42. The molecule has 180 valence electrons. The van der Waals surface area contributed by atoms with Gasteiger partial charge in [-0.15, -0.1) is 0 Å². The average Bonchev–Trinajstić information content (AvgIpc) is 3.17. The molecule has 0 aromatic heterocycles. The second-order valence-corrected chi connectivity index (χ2v) is 8.32. The molecule has 0 radical (unpaired) electrons. The van der Waals surface area contributed by atoms with Crippen molar-refractivity contribution in [2.24, 2.45) is 0 Å². The maximum atomic E-state index is 11.5. The number of ether oxygens (including phenoxy) is 6. The Bertz CT molecular complexity index is 620. The summed E-state index contributed by atoms with van der Waals surface area (Å²) in [6, 6.07) is -1.11. The minimum absolute atomic E-state index is 0.307. The summed E-state index contributed by atoms with van der Waals surface area (Å²) in [5.41, 5.74) is 0. The Morgan fingerprint density at radius 1 is 1.16 bits per heavy atom. The smallest absolute Gasteiger partial charge is 0.217 e. The fourth-order valence-electron chi connectivity index (χ4n) is 4.10. The van der Waals surface area contributed by atoms with Gasteiger partial charge in [0.05, 0.1) is 13.2 Å². The second kappa shape index (κ2) is 9.91. The van der Waals surface area contributed by atoms with Gasteiger partial charge in [0.25, 0.3) is 0 Å². The number of aliphatic hydroxyl groups is 4. The number of carbonyl (C=O) groups is 1. The number of amides is 1. The molecule has 12 heteroatoms. The lowest BCUT2D eigenvalue weighted by Crippen LogP contribution is -2.64. The third kappa shape index (κ3) is 5.36. The van der Waals surface area contributed by atoms with Crippen molar-refractivity contribution in [3.8, 4) is 0 Å². The molecule has 10 atom stereocenters. The topological polar surface area (TPSA) is 165 Å². The fraction of sp³-hybridized carbons (Fsp3) is 0.947. The Kier molecular flexibility index (Phi) is 7.90. The van der Waals surface area contributed by atoms with E-state index in [1.165, 1.54) is 6.92 Å². The highest BCUT2D eigenvalue weighted by molar-refractivity contribution is 5.73. The van der Waals surface area contributed by atoms with Gasteiger partial charge in [-0.05, 0) is 20.8 Å². The molecule has 3 fully saturated rings. The van der Waals surface area contributed by atoms with Crippen molar-refractivity contribution in [2.75, 3.05) is 19.8 Å². The molecular weight excluding hydrogens is 418 g/mol. The maximum absolute atomic E-state index is 11.5. The Labute approximate surface area is 180 Å². The van der Waals surface area contributed by atoms with E-state index in [1.54, 1.807) is 13.8 Å². The van der Waals surface area contributed by atoms with Crippen molar-refractivity contribution in [1.82, 2.24) is 5.32 Å². The van der Waals surface area contributed by atoms with E-state index < -0.39 is 79.7 Å². The lowest BCUT2D eigenvalue weighted by molar-refractivity contribution is -0.280. The Balaban J connectivity index is 1.65. The van der Waals surface area contributed by atoms with Crippen LogP contribution in [0.25, 0.3) is 0 Å². The first kappa shape index (κ1) is 24.7. The number of carbonyl (C=O) groups excluding carboxylic acids is 1. The Morgan fingerprint density at radius 3 is 2.48 bits per heavy atom. The number of aliphatic hydroxyl groups excluding tert-OH is 4. The van der Waals surface area contributed by atoms with E-state index in [0.29, 0.717) is 6.61 Å². The van der Waals surface area contributed by atoms with Gasteiger partial charge in [0.15, 0.2) is 18.4 Å². The van der Waals surface area contributed by atoms with Crippen LogP contribution in [0.1, 0.15) is 27.7 Å². The summed E-state index contributed by atoms with van der Waals surface area (Å²) in [4.78, 5) is 11.5. The lowest BCUT2D eigenvalue weighted by atomic mass is 9.97. The van der Waals surface area contributed by atoms with Crippen LogP contribution in [0.4, 0.5) is 0 Å². The number of hydrogen-bond donors (Lipinski definition) is 5. The van der Waals surface area contributed by atoms with Crippen LogP contribution >= 0.6 is 0 Å². The van der Waals surface area contributed by atoms with E-state index >= 15 is 0 Å². The molecule has 0 aliphatic carbocycles. The van der Waals surface area contributed by atoms with E-state index in [-0.39, 0.29) is 6.61 Å². The highest BCUT2D eigenvalue weighted by Crippen LogP contribution is 2.39. The van der Waals surface area contributed by atoms with Gasteiger partial charge in [0.1, 0.15) is 48.8 Å². The molecule has 3 rings (SSSR count). The minimum atomic E-state index is -1.45. The zero-order valence-electron chi connectivity index (χ0n) is 18.0. The average molecular weight is 451 g/mol. The van der Waals surface area contributed by atoms with Crippen LogP contribution in [-0.2, 0) is 33.2 Å². The highest BCUT2D eigenvalue weighted by Gasteiger charge is 2.57. The molecule has 0 spiro atoms. The molecule has 5 N–H and O–H groups in total. The molecule has 0 saturated carbocycles. The number of nitrogens with one attached hydrogen (secondary N) is 1. The monoisotopic (exact) mass is 451 g/mol. The van der Waals surface area contributed by atoms with Crippen molar-refractivity contribution >= 4 is 5.91 Å². The van der Waals surface area contributed by atoms with Crippen molar-refractivity contribution in [3.05, 3.63) is 0 Å². The zero-order chi connectivity index (χ0) is 22.9. The molecular formula is C19H33NO11. The molecule has 3 heterocycles. The molecule has 0 unspecified atom stereocenters. The van der Waals surface area contributed by atoms with Gasteiger partial charge in [-0.25, -0.2) is 0 Å². The molecule has 0 bridgehead atoms. The predicted molar refractivity (Wildman–Crippen MR) is 101 cm³/mol. The van der Waals surface area contributed by atoms with Crippen molar-refractivity contribution in [3.63, 3.8) is 0 Å². The van der Waals surface area contributed by atoms with Crippen LogP contribution in [0.5, 0.6) is 0 Å². The van der Waals surface area contributed by atoms with Crippen LogP contribution in [0.2, 0.25) is 0 Å². The van der Waals surface area contributed by atoms with Gasteiger partial charge >= 0.3 is 0 Å². The van der Waals surface area contributed by atoms with E-state index in [9.17, 15) is 25.2 Å². The normalized spacial score (nSPS) is 42.9. The largest absolute Gasteiger partial charge is 0.394 e. The van der Waals surface area contributed by atoms with E-state index in [4.69, 9.17) is 28.4 Å². The summed E-state index contributed by atoms with van der Waals surface area (Å²) in [6.07, 6.45) is -9.07. The van der Waals surface area contributed by atoms with Crippen molar-refractivity contribution < 1.29 is 53.6 Å². The number of fused-ring (bicyclic) bond motifs is 1. The number of hydrogen-bond acceptors (Lipinski definition) is 11. The fourth-order valence-corrected chi connectivity index (χ4v) is 4.10. The molecule has 3 saturated heterocycles. The van der Waals surface area contributed by atoms with Gasteiger partial charge < -0.3 is 54.2 Å². The third-order valence-electron chi connectivity index (χ3n) is 5.45. The quantitative estimate of drug-likeness (QED) is 0.267. The van der Waals surface area contributed by atoms with Gasteiger partial charge in [-0.2, -0.15) is 0 Å². The molecule has 3 aliphatic rings. The summed E-state index contributed by atoms with van der Waals surface area (Å²) in [5.74, 6) is -1.31. The molecule has 3 aliphatic heterocycles. The maximum Gasteiger partial charge on any atom is 0.217 e. The Hall–Kier alpha value is -0.930. The standard InChI is InChI=1S/C19H33NO11/c1-5-26-15-14(29-18-16(15)30-19(3,4)31-18)9(23)7-27-17-11(20-8(2)22)13(25)12(24)10(6-21)28-17/h9-18,21,23-25H,5-7H2,1-4H3,(H,20,22)/t9-,10+,11+,12+,13+,14+,15-,16+,17+,18+/m0/s1. The van der Waals surface area contributed by atoms with E-state index in [0.717, 1.165) is 0 Å². The van der Waals surface area contributed by atoms with E-state index in [2.05, 4.69) is 5.32 Å². The zero-order valence-corrected chi connectivity index (χ0v) is 18.0. The molecule has 1 amide bonds. The summed E-state index contributed by atoms with van der Waals surface area (Å²) >= 11 is 0. The van der Waals surface area contributed by atoms with E-state index in [1.807, 2.05) is 6.92 Å². The third-order valence-corrected chi connectivity index (χ3v) is 5.45. The summed E-state index contributed by atoms with van der Waals surface area (Å²) in [7, 11) is 0. The van der Waals surface area contributed by atoms with Crippen LogP contribution in [0, 0.1) is 0 Å². The first-order valence-electron chi connectivity index (χ1n) is 10.4. The first-order chi connectivity index (χ1) is 14.6. The summed E-state index contributed by atoms with van der Waals surface area (Å²) < 4.78 is 34.2.